The Balaban J connectivity index is 0.00000288. The summed E-state index contributed by atoms with van der Waals surface area (Å²) in [7, 11) is 0. The molecule has 8 N–H and O–H groups in total. The maximum atomic E-state index is 10.00. The summed E-state index contributed by atoms with van der Waals surface area (Å²) in [6, 6.07) is 0. The Morgan fingerprint density at radius 2 is 1.36 bits per heavy atom. The Hall–Kier alpha value is 1.00. The van der Waals surface area contributed by atoms with E-state index in [1.807, 2.05) is 0 Å². The van der Waals surface area contributed by atoms with Crippen molar-refractivity contribution in [3.63, 3.8) is 0 Å². The zero-order valence-electron chi connectivity index (χ0n) is 13.1. The number of rotatable bonds is 5. The first-order valence-electron chi connectivity index (χ1n) is 7.05. The number of aliphatic hydroxyl groups excluding tert-OH is 8. The molecule has 25 heavy (non-hydrogen) atoms. The van der Waals surface area contributed by atoms with Crippen LogP contribution in [0.1, 0.15) is 0 Å². The Bertz CT molecular complexity index is 405. The predicted molar refractivity (Wildman–Crippen MR) is 77.2 cm³/mol. The molecule has 2 aliphatic rings. The first-order chi connectivity index (χ1) is 10.8. The van der Waals surface area contributed by atoms with Gasteiger partial charge in [0.15, 0.2) is 6.29 Å². The summed E-state index contributed by atoms with van der Waals surface area (Å²) >= 11 is 0. The van der Waals surface area contributed by atoms with Gasteiger partial charge in [0.25, 0.3) is 0 Å². The molecule has 0 aromatic heterocycles. The van der Waals surface area contributed by atoms with Crippen LogP contribution in [0.25, 0.3) is 0 Å². The second-order valence-corrected chi connectivity index (χ2v) is 5.56. The van der Waals surface area contributed by atoms with Crippen molar-refractivity contribution < 1.29 is 72.1 Å². The molecule has 2 rings (SSSR count). The summed E-state index contributed by atoms with van der Waals surface area (Å²) in [5.41, 5.74) is 0. The molecule has 150 valence electrons. The molecule has 0 unspecified atom stereocenters. The molecule has 0 aliphatic carbocycles. The molecule has 2 radical (unpaired) electrons. The van der Waals surface area contributed by atoms with Crippen molar-refractivity contribution in [3.8, 4) is 0 Å². The summed E-state index contributed by atoms with van der Waals surface area (Å²) in [6.07, 6.45) is -12.7. The molecule has 0 amide bonds. The molecular weight excluding hydrogens is 583 g/mol. The Morgan fingerprint density at radius 1 is 0.800 bits per heavy atom. The third-order valence-electron chi connectivity index (χ3n) is 4.07. The predicted octanol–water partition coefficient (Wildman–Crippen LogP) is -6.31. The van der Waals surface area contributed by atoms with Crippen LogP contribution < -0.4 is 0 Å². The molecule has 2 heterocycles. The molecule has 11 nitrogen and oxygen atoms in total. The molecule has 0 aromatic carbocycles. The molecule has 13 heteroatoms. The minimum absolute atomic E-state index is 0. The van der Waals surface area contributed by atoms with E-state index >= 15 is 0 Å². The topological polar surface area (TPSA) is 190 Å². The molecule has 2 aliphatic heterocycles. The molecule has 2 fully saturated rings. The Kier molecular flexibility index (Phi) is 10.9. The van der Waals surface area contributed by atoms with Crippen LogP contribution in [-0.4, -0.2) is 143 Å². The summed E-state index contributed by atoms with van der Waals surface area (Å²) < 4.78 is 15.4. The number of ether oxygens (including phenoxy) is 3. The fourth-order valence-corrected chi connectivity index (χ4v) is 2.63. The monoisotopic (exact) mass is 608 g/mol. The van der Waals surface area contributed by atoms with Gasteiger partial charge in [-0.05, 0) is 0 Å². The van der Waals surface area contributed by atoms with E-state index in [9.17, 15) is 30.6 Å². The van der Waals surface area contributed by atoms with Gasteiger partial charge in [0.05, 0.1) is 13.2 Å². The van der Waals surface area contributed by atoms with Crippen LogP contribution in [-0.2, 0) is 31.3 Å². The van der Waals surface area contributed by atoms with Gasteiger partial charge in [-0.3, -0.25) is 0 Å². The molecule has 9 atom stereocenters. The molecule has 2 saturated heterocycles. The van der Waals surface area contributed by atoms with Crippen LogP contribution in [0.4, 0.5) is 0 Å². The van der Waals surface area contributed by atoms with Crippen molar-refractivity contribution in [2.75, 3.05) is 19.8 Å². The van der Waals surface area contributed by atoms with Gasteiger partial charge < -0.3 is 55.1 Å². The van der Waals surface area contributed by atoms with Crippen molar-refractivity contribution in [1.29, 1.82) is 0 Å². The first kappa shape index (κ1) is 26.0. The maximum absolute atomic E-state index is 10.00. The third-order valence-corrected chi connectivity index (χ3v) is 4.07. The van der Waals surface area contributed by atoms with Crippen molar-refractivity contribution in [3.05, 3.63) is 0 Å². The van der Waals surface area contributed by atoms with Gasteiger partial charge in [0.2, 0.25) is 5.79 Å². The molecule has 0 bridgehead atoms. The van der Waals surface area contributed by atoms with E-state index in [0.717, 1.165) is 0 Å². The van der Waals surface area contributed by atoms with Gasteiger partial charge in [0.1, 0.15) is 49.3 Å². The van der Waals surface area contributed by atoms with Crippen molar-refractivity contribution >= 4 is 27.3 Å². The zero-order valence-corrected chi connectivity index (χ0v) is 19.7. The van der Waals surface area contributed by atoms with Crippen LogP contribution in [0.3, 0.4) is 0 Å². The van der Waals surface area contributed by atoms with E-state index in [1.54, 1.807) is 0 Å². The van der Waals surface area contributed by atoms with Gasteiger partial charge in [-0.2, -0.15) is 0 Å². The number of hydrogen-bond donors (Lipinski definition) is 8. The molecule has 0 spiro atoms. The zero-order chi connectivity index (χ0) is 17.4. The minimum atomic E-state index is -2.22. The van der Waals surface area contributed by atoms with Crippen LogP contribution in [0, 0.1) is 0 Å². The van der Waals surface area contributed by atoms with Crippen LogP contribution in [0.5, 0.6) is 0 Å². The fourth-order valence-electron chi connectivity index (χ4n) is 2.63. The van der Waals surface area contributed by atoms with Gasteiger partial charge >= 0.3 is 27.3 Å². The van der Waals surface area contributed by atoms with Crippen LogP contribution in [0.15, 0.2) is 0 Å². The average Bonchev–Trinajstić information content (AvgIpc) is 2.80. The molecule has 0 saturated carbocycles. The quantitative estimate of drug-likeness (QED) is 0.139. The molecule has 0 aromatic rings. The van der Waals surface area contributed by atoms with Crippen LogP contribution in [0.2, 0.25) is 0 Å². The SMILES string of the molecule is OC[C@H]1O[C@@](CO)(O[C@H]2O[C@H](CO)[C@@H](O)[C@H](O)[C@H]2O)[C@@H](O)[C@@H]1O.[Fe].[PbH2]. The Morgan fingerprint density at radius 3 is 1.80 bits per heavy atom. The van der Waals surface area contributed by atoms with Crippen LogP contribution >= 0.6 is 0 Å². The first-order valence-corrected chi connectivity index (χ1v) is 7.05. The van der Waals surface area contributed by atoms with E-state index in [0.29, 0.717) is 0 Å². The number of hydrogen-bond acceptors (Lipinski definition) is 11. The van der Waals surface area contributed by atoms with E-state index in [-0.39, 0.29) is 44.4 Å². The van der Waals surface area contributed by atoms with Gasteiger partial charge in [-0.1, -0.05) is 0 Å². The van der Waals surface area contributed by atoms with E-state index in [2.05, 4.69) is 0 Å². The fraction of sp³-hybridized carbons (Fsp3) is 1.00. The second-order valence-electron chi connectivity index (χ2n) is 5.56. The summed E-state index contributed by atoms with van der Waals surface area (Å²) in [4.78, 5) is 0. The summed E-state index contributed by atoms with van der Waals surface area (Å²) in [5.74, 6) is -2.22. The van der Waals surface area contributed by atoms with Gasteiger partial charge in [0, 0.05) is 17.1 Å². The average molecular weight is 607 g/mol. The van der Waals surface area contributed by atoms with Gasteiger partial charge in [-0.25, -0.2) is 0 Å². The standard InChI is InChI=1S/C12H22O11.Fe.Pb.2H/c13-1-4-6(16)8(18)9(19)11(21-4)23-12(3-15)10(20)7(17)5(2-14)22-12;;;;/h4-11,13-20H,1-3H2;;;;/t4-,5-,6-,7-,8+,9-,10+,11-,12+;;;;/m1..../s1. The number of aliphatic hydroxyl groups is 8. The third kappa shape index (κ3) is 4.89. The van der Waals surface area contributed by atoms with E-state index in [1.165, 1.54) is 0 Å². The van der Waals surface area contributed by atoms with Gasteiger partial charge in [-0.15, -0.1) is 0 Å². The van der Waals surface area contributed by atoms with Crippen molar-refractivity contribution in [2.45, 2.75) is 54.8 Å². The second kappa shape index (κ2) is 10.5. The van der Waals surface area contributed by atoms with Crippen molar-refractivity contribution in [2.24, 2.45) is 0 Å². The summed E-state index contributed by atoms with van der Waals surface area (Å²) in [6.45, 7) is -2.32. The summed E-state index contributed by atoms with van der Waals surface area (Å²) in [5, 5.41) is 76.7. The van der Waals surface area contributed by atoms with E-state index < -0.39 is 74.6 Å². The Labute approximate surface area is 173 Å². The normalized spacial score (nSPS) is 47.0. The van der Waals surface area contributed by atoms with E-state index in [4.69, 9.17) is 24.4 Å². The molecular formula is C12H24FeO11Pb. The van der Waals surface area contributed by atoms with Crippen molar-refractivity contribution in [1.82, 2.24) is 0 Å².